The van der Waals surface area contributed by atoms with Gasteiger partial charge in [0.1, 0.15) is 0 Å². The van der Waals surface area contributed by atoms with Crippen molar-refractivity contribution in [3.8, 4) is 5.75 Å². The highest BCUT2D eigenvalue weighted by atomic mass is 16.7. The molecular weight excluding hydrogens is 234 g/mol. The molecule has 0 fully saturated rings. The molecule has 3 aromatic rings. The molecule has 2 heteroatoms. The van der Waals surface area contributed by atoms with Crippen molar-refractivity contribution in [2.75, 3.05) is 0 Å². The molecule has 3 rings (SSSR count). The van der Waals surface area contributed by atoms with Crippen molar-refractivity contribution in [2.45, 2.75) is 13.8 Å². The summed E-state index contributed by atoms with van der Waals surface area (Å²) < 4.78 is 1.82. The fourth-order valence-electron chi connectivity index (χ4n) is 2.13. The number of hydrogen-bond acceptors (Lipinski definition) is 1. The molecule has 0 unspecified atom stereocenters. The summed E-state index contributed by atoms with van der Waals surface area (Å²) in [5.41, 5.74) is 3.39. The summed E-state index contributed by atoms with van der Waals surface area (Å²) in [4.78, 5) is 6.02. The molecule has 0 atom stereocenters. The summed E-state index contributed by atoms with van der Waals surface area (Å²) in [6.45, 7) is 4.13. The van der Waals surface area contributed by atoms with Gasteiger partial charge in [0, 0.05) is 16.9 Å². The lowest BCUT2D eigenvalue weighted by molar-refractivity contribution is -0.854. The number of benzene rings is 2. The van der Waals surface area contributed by atoms with Crippen LogP contribution in [0.15, 0.2) is 60.8 Å². The monoisotopic (exact) mass is 250 g/mol. The predicted octanol–water partition coefficient (Wildman–Crippen LogP) is 3.59. The molecule has 0 aliphatic heterocycles. The molecule has 0 spiro atoms. The van der Waals surface area contributed by atoms with Gasteiger partial charge in [-0.1, -0.05) is 24.3 Å². The Balaban J connectivity index is 2.08. The van der Waals surface area contributed by atoms with Crippen LogP contribution < -0.4 is 9.57 Å². The Hall–Kier alpha value is -2.35. The van der Waals surface area contributed by atoms with Crippen LogP contribution in [-0.2, 0) is 0 Å². The van der Waals surface area contributed by atoms with Crippen LogP contribution in [0.2, 0.25) is 0 Å². The van der Waals surface area contributed by atoms with Crippen LogP contribution in [-0.4, -0.2) is 0 Å². The number of hydrogen-bond donors (Lipinski definition) is 0. The normalized spacial score (nSPS) is 10.6. The molecule has 1 aromatic heterocycles. The molecule has 2 aromatic carbocycles. The van der Waals surface area contributed by atoms with E-state index in [0.29, 0.717) is 0 Å². The number of rotatable bonds is 2. The van der Waals surface area contributed by atoms with E-state index in [1.807, 2.05) is 29.1 Å². The number of fused-ring (bicyclic) bond motifs is 1. The lowest BCUT2D eigenvalue weighted by atomic mass is 10.1. The van der Waals surface area contributed by atoms with Crippen LogP contribution in [0.1, 0.15) is 11.1 Å². The van der Waals surface area contributed by atoms with Crippen molar-refractivity contribution in [3.63, 3.8) is 0 Å². The second kappa shape index (κ2) is 4.73. The van der Waals surface area contributed by atoms with Crippen LogP contribution in [0.3, 0.4) is 0 Å². The van der Waals surface area contributed by atoms with Crippen LogP contribution in [0, 0.1) is 13.8 Å². The molecule has 19 heavy (non-hydrogen) atoms. The maximum absolute atomic E-state index is 6.02. The third-order valence-corrected chi connectivity index (χ3v) is 3.21. The van der Waals surface area contributed by atoms with Crippen molar-refractivity contribution in [1.82, 2.24) is 0 Å². The van der Waals surface area contributed by atoms with Gasteiger partial charge in [-0.2, -0.15) is 0 Å². The van der Waals surface area contributed by atoms with Crippen LogP contribution >= 0.6 is 0 Å². The third-order valence-electron chi connectivity index (χ3n) is 3.21. The maximum atomic E-state index is 6.02. The molecule has 1 heterocycles. The predicted molar refractivity (Wildman–Crippen MR) is 76.1 cm³/mol. The summed E-state index contributed by atoms with van der Waals surface area (Å²) in [5, 5.41) is 1.16. The summed E-state index contributed by atoms with van der Waals surface area (Å²) >= 11 is 0. The van der Waals surface area contributed by atoms with Crippen LogP contribution in [0.4, 0.5) is 0 Å². The number of pyridine rings is 1. The molecule has 0 aliphatic carbocycles. The minimum Gasteiger partial charge on any atom is -0.231 e. The average molecular weight is 250 g/mol. The molecule has 0 amide bonds. The number of aromatic nitrogens is 1. The third kappa shape index (κ3) is 2.29. The smallest absolute Gasteiger partial charge is 0.231 e. The molecule has 0 N–H and O–H groups in total. The highest BCUT2D eigenvalue weighted by Gasteiger charge is 2.12. The molecule has 94 valence electrons. The van der Waals surface area contributed by atoms with Gasteiger partial charge >= 0.3 is 0 Å². The van der Waals surface area contributed by atoms with E-state index in [9.17, 15) is 0 Å². The molecule has 0 aliphatic rings. The number of para-hydroxylation sites is 1. The molecule has 2 nitrogen and oxygen atoms in total. The largest absolute Gasteiger partial charge is 0.265 e. The highest BCUT2D eigenvalue weighted by molar-refractivity contribution is 5.74. The van der Waals surface area contributed by atoms with Gasteiger partial charge in [-0.05, 0) is 43.2 Å². The Morgan fingerprint density at radius 2 is 1.68 bits per heavy atom. The van der Waals surface area contributed by atoms with Gasteiger partial charge in [0.05, 0.1) is 5.39 Å². The fourth-order valence-corrected chi connectivity index (χ4v) is 2.13. The average Bonchev–Trinajstić information content (AvgIpc) is 2.43. The van der Waals surface area contributed by atoms with E-state index < -0.39 is 0 Å². The zero-order chi connectivity index (χ0) is 13.2. The zero-order valence-corrected chi connectivity index (χ0v) is 11.1. The van der Waals surface area contributed by atoms with Gasteiger partial charge < -0.3 is 0 Å². The van der Waals surface area contributed by atoms with E-state index in [4.69, 9.17) is 4.84 Å². The lowest BCUT2D eigenvalue weighted by Crippen LogP contribution is -2.40. The van der Waals surface area contributed by atoms with Crippen molar-refractivity contribution in [2.24, 2.45) is 0 Å². The van der Waals surface area contributed by atoms with Crippen molar-refractivity contribution >= 4 is 10.9 Å². The van der Waals surface area contributed by atoms with E-state index in [2.05, 4.69) is 50.2 Å². The Kier molecular flexibility index (Phi) is 2.92. The summed E-state index contributed by atoms with van der Waals surface area (Å²) in [7, 11) is 0. The SMILES string of the molecule is Cc1ccc(C)c(O[n+]2cccc3ccccc32)c1. The first-order chi connectivity index (χ1) is 9.24. The second-order valence-corrected chi connectivity index (χ2v) is 4.75. The molecule has 0 saturated heterocycles. The topological polar surface area (TPSA) is 13.1 Å². The summed E-state index contributed by atoms with van der Waals surface area (Å²) in [6.07, 6.45) is 1.93. The highest BCUT2D eigenvalue weighted by Crippen LogP contribution is 2.18. The molecule has 0 saturated carbocycles. The van der Waals surface area contributed by atoms with Gasteiger partial charge in [-0.3, -0.25) is 0 Å². The zero-order valence-electron chi connectivity index (χ0n) is 11.1. The number of nitrogens with zero attached hydrogens (tertiary/aromatic N) is 1. The summed E-state index contributed by atoms with van der Waals surface area (Å²) in [6, 6.07) is 18.5. The maximum Gasteiger partial charge on any atom is 0.265 e. The standard InChI is InChI=1S/C17H16NO/c1-13-9-10-14(2)17(12-13)19-18-11-5-7-15-6-3-4-8-16(15)18/h3-12H,1-2H3/q+1. The van der Waals surface area contributed by atoms with E-state index in [1.165, 1.54) is 5.56 Å². The van der Waals surface area contributed by atoms with Gasteiger partial charge in [0.15, 0.2) is 0 Å². The molecule has 0 radical (unpaired) electrons. The first-order valence-electron chi connectivity index (χ1n) is 6.39. The Morgan fingerprint density at radius 1 is 0.895 bits per heavy atom. The van der Waals surface area contributed by atoms with Crippen molar-refractivity contribution in [3.05, 3.63) is 71.9 Å². The summed E-state index contributed by atoms with van der Waals surface area (Å²) in [5.74, 6) is 0.890. The fraction of sp³-hybridized carbons (Fsp3) is 0.118. The second-order valence-electron chi connectivity index (χ2n) is 4.75. The van der Waals surface area contributed by atoms with Crippen molar-refractivity contribution < 1.29 is 9.57 Å². The lowest BCUT2D eigenvalue weighted by Gasteiger charge is -2.04. The van der Waals surface area contributed by atoms with E-state index in [-0.39, 0.29) is 0 Å². The van der Waals surface area contributed by atoms with Gasteiger partial charge in [-0.15, -0.1) is 0 Å². The molecule has 0 bridgehead atoms. The van der Waals surface area contributed by atoms with Crippen molar-refractivity contribution in [1.29, 1.82) is 0 Å². The quantitative estimate of drug-likeness (QED) is 0.633. The van der Waals surface area contributed by atoms with E-state index in [0.717, 1.165) is 22.2 Å². The van der Waals surface area contributed by atoms with Crippen LogP contribution in [0.25, 0.3) is 10.9 Å². The minimum atomic E-state index is 0.890. The first kappa shape index (κ1) is 11.7. The number of aryl methyl sites for hydroxylation is 2. The van der Waals surface area contributed by atoms with Crippen LogP contribution in [0.5, 0.6) is 5.75 Å². The molecular formula is C17H16NO+. The Morgan fingerprint density at radius 3 is 2.58 bits per heavy atom. The van der Waals surface area contributed by atoms with Gasteiger partial charge in [-0.25, -0.2) is 4.84 Å². The van der Waals surface area contributed by atoms with E-state index in [1.54, 1.807) is 0 Å². The Bertz CT molecular complexity index is 729. The van der Waals surface area contributed by atoms with Gasteiger partial charge in [0.2, 0.25) is 11.9 Å². The van der Waals surface area contributed by atoms with Gasteiger partial charge in [0.25, 0.3) is 5.52 Å². The first-order valence-corrected chi connectivity index (χ1v) is 6.39. The van der Waals surface area contributed by atoms with E-state index >= 15 is 0 Å². The Labute approximate surface area is 112 Å². The minimum absolute atomic E-state index is 0.890.